The van der Waals surface area contributed by atoms with Crippen molar-refractivity contribution in [1.29, 1.82) is 0 Å². The van der Waals surface area contributed by atoms with E-state index in [1.165, 1.54) is 0 Å². The number of hydrogen-bond donors (Lipinski definition) is 6. The van der Waals surface area contributed by atoms with Crippen LogP contribution in [0.1, 0.15) is 6.92 Å². The Labute approximate surface area is 108 Å². The van der Waals surface area contributed by atoms with Gasteiger partial charge >= 0.3 is 7.82 Å². The highest BCUT2D eigenvalue weighted by molar-refractivity contribution is 7.46. The highest BCUT2D eigenvalue weighted by atomic mass is 31.2. The van der Waals surface area contributed by atoms with Crippen LogP contribution in [-0.2, 0) is 18.6 Å². The van der Waals surface area contributed by atoms with Crippen molar-refractivity contribution in [2.24, 2.45) is 0 Å². The molecule has 112 valence electrons. The maximum atomic E-state index is 11.0. The minimum absolute atomic E-state index is 0.624. The Morgan fingerprint density at radius 3 is 2.37 bits per heavy atom. The first-order chi connectivity index (χ1) is 8.65. The third kappa shape index (κ3) is 4.48. The van der Waals surface area contributed by atoms with Crippen molar-refractivity contribution in [2.45, 2.75) is 37.6 Å². The van der Waals surface area contributed by atoms with E-state index in [0.29, 0.717) is 0 Å². The predicted octanol–water partition coefficient (Wildman–Crippen LogP) is -2.96. The predicted molar refractivity (Wildman–Crippen MR) is 58.5 cm³/mol. The molecule has 0 aromatic rings. The van der Waals surface area contributed by atoms with E-state index in [9.17, 15) is 19.6 Å². The molecular formula is C8H16NO9P. The van der Waals surface area contributed by atoms with Crippen LogP contribution in [0.15, 0.2) is 0 Å². The molecule has 1 amide bonds. The number of phosphoric ester groups is 1. The second kappa shape index (κ2) is 6.25. The summed E-state index contributed by atoms with van der Waals surface area (Å²) in [7, 11) is -4.95. The average molecular weight is 301 g/mol. The van der Waals surface area contributed by atoms with Crippen LogP contribution in [0.25, 0.3) is 0 Å². The first-order valence-electron chi connectivity index (χ1n) is 5.29. The summed E-state index contributed by atoms with van der Waals surface area (Å²) < 4.78 is 20.0. The molecule has 1 fully saturated rings. The Balaban J connectivity index is 2.92. The highest BCUT2D eigenvalue weighted by Gasteiger charge is 2.47. The van der Waals surface area contributed by atoms with Crippen LogP contribution in [0, 0.1) is 0 Å². The first kappa shape index (κ1) is 16.5. The molecule has 2 unspecified atom stereocenters. The number of amides is 1. The molecule has 0 radical (unpaired) electrons. The number of phosphoric acid groups is 1. The minimum Gasteiger partial charge on any atom is -0.394 e. The maximum Gasteiger partial charge on any atom is 0.472 e. The molecule has 1 saturated heterocycles. The van der Waals surface area contributed by atoms with Gasteiger partial charge in [-0.05, 0) is 0 Å². The Morgan fingerprint density at radius 1 is 1.37 bits per heavy atom. The molecule has 0 aliphatic carbocycles. The van der Waals surface area contributed by atoms with E-state index in [0.717, 1.165) is 6.92 Å². The summed E-state index contributed by atoms with van der Waals surface area (Å²) in [5, 5.41) is 30.5. The molecule has 0 saturated carbocycles. The third-order valence-corrected chi connectivity index (χ3v) is 2.97. The highest BCUT2D eigenvalue weighted by Crippen LogP contribution is 2.40. The number of aliphatic hydroxyl groups excluding tert-OH is 3. The van der Waals surface area contributed by atoms with Crippen molar-refractivity contribution < 1.29 is 43.7 Å². The van der Waals surface area contributed by atoms with Gasteiger partial charge in [-0.25, -0.2) is 4.57 Å². The number of carbonyl (C=O) groups excluding carboxylic acids is 1. The van der Waals surface area contributed by atoms with Gasteiger partial charge in [-0.2, -0.15) is 0 Å². The van der Waals surface area contributed by atoms with Gasteiger partial charge in [0.1, 0.15) is 24.4 Å². The van der Waals surface area contributed by atoms with Crippen molar-refractivity contribution in [3.8, 4) is 0 Å². The molecule has 1 rings (SSSR count). The van der Waals surface area contributed by atoms with E-state index in [1.54, 1.807) is 0 Å². The van der Waals surface area contributed by atoms with Crippen LogP contribution in [-0.4, -0.2) is 68.3 Å². The number of aliphatic hydroxyl groups is 3. The maximum absolute atomic E-state index is 11.0. The van der Waals surface area contributed by atoms with Crippen molar-refractivity contribution in [1.82, 2.24) is 5.32 Å². The molecule has 1 heterocycles. The molecule has 0 aromatic carbocycles. The minimum atomic E-state index is -4.95. The van der Waals surface area contributed by atoms with E-state index in [4.69, 9.17) is 19.6 Å². The van der Waals surface area contributed by atoms with E-state index >= 15 is 0 Å². The summed E-state index contributed by atoms with van der Waals surface area (Å²) in [6.45, 7) is 0.401. The smallest absolute Gasteiger partial charge is 0.394 e. The molecule has 19 heavy (non-hydrogen) atoms. The average Bonchev–Trinajstić information content (AvgIpc) is 2.26. The van der Waals surface area contributed by atoms with Crippen LogP contribution < -0.4 is 5.32 Å². The second-order valence-electron chi connectivity index (χ2n) is 4.03. The van der Waals surface area contributed by atoms with Crippen LogP contribution in [0.5, 0.6) is 0 Å². The van der Waals surface area contributed by atoms with Gasteiger partial charge < -0.3 is 35.2 Å². The molecular weight excluding hydrogens is 285 g/mol. The fourth-order valence-corrected chi connectivity index (χ4v) is 2.15. The number of hydrogen-bond acceptors (Lipinski definition) is 7. The molecule has 10 nitrogen and oxygen atoms in total. The van der Waals surface area contributed by atoms with Gasteiger partial charge in [-0.3, -0.25) is 9.32 Å². The summed E-state index contributed by atoms with van der Waals surface area (Å²) in [6, 6.07) is -1.39. The standard InChI is InChI=1S/C8H16NO9P/c1-3(11)9-5-7(13)6(12)4(2-10)17-8(5)18-19(14,15)16/h4-8,10,12-13H,2H2,1H3,(H,9,11)(H2,14,15,16)/t4?,5?,6-,7-,8+/m0/s1. The van der Waals surface area contributed by atoms with Crippen LogP contribution in [0.2, 0.25) is 0 Å². The largest absolute Gasteiger partial charge is 0.472 e. The van der Waals surface area contributed by atoms with E-state index in [-0.39, 0.29) is 0 Å². The molecule has 0 aromatic heterocycles. The SMILES string of the molecule is CC(=O)NC1[C@@H](OP(=O)(O)O)OC(CO)[C@H](O)[C@H]1O. The fourth-order valence-electron chi connectivity index (χ4n) is 1.70. The van der Waals surface area contributed by atoms with Gasteiger partial charge in [-0.1, -0.05) is 0 Å². The quantitative estimate of drug-likeness (QED) is 0.297. The molecule has 1 aliphatic heterocycles. The van der Waals surface area contributed by atoms with Crippen LogP contribution in [0.4, 0.5) is 0 Å². The van der Waals surface area contributed by atoms with E-state index in [2.05, 4.69) is 9.84 Å². The molecule has 0 bridgehead atoms. The Kier molecular flexibility index (Phi) is 5.42. The van der Waals surface area contributed by atoms with Crippen LogP contribution in [0.3, 0.4) is 0 Å². The molecule has 5 atom stereocenters. The van der Waals surface area contributed by atoms with Gasteiger partial charge in [0.2, 0.25) is 5.91 Å². The Morgan fingerprint density at radius 2 is 1.95 bits per heavy atom. The van der Waals surface area contributed by atoms with Crippen molar-refractivity contribution in [3.63, 3.8) is 0 Å². The van der Waals surface area contributed by atoms with E-state index in [1.807, 2.05) is 0 Å². The van der Waals surface area contributed by atoms with Crippen molar-refractivity contribution in [2.75, 3.05) is 6.61 Å². The first-order valence-corrected chi connectivity index (χ1v) is 6.82. The summed E-state index contributed by atoms with van der Waals surface area (Å²) in [4.78, 5) is 28.4. The summed E-state index contributed by atoms with van der Waals surface area (Å²) in [5.41, 5.74) is 0. The van der Waals surface area contributed by atoms with Crippen molar-refractivity contribution >= 4 is 13.7 Å². The number of rotatable bonds is 4. The molecule has 11 heteroatoms. The summed E-state index contributed by atoms with van der Waals surface area (Å²) in [6.07, 6.45) is -6.17. The Hall–Kier alpha value is -0.580. The Bertz CT molecular complexity index is 371. The van der Waals surface area contributed by atoms with Crippen molar-refractivity contribution in [3.05, 3.63) is 0 Å². The lowest BCUT2D eigenvalue weighted by molar-refractivity contribution is -0.248. The molecule has 0 spiro atoms. The number of nitrogens with one attached hydrogen (secondary N) is 1. The number of ether oxygens (including phenoxy) is 1. The zero-order chi connectivity index (χ0) is 14.8. The monoisotopic (exact) mass is 301 g/mol. The van der Waals surface area contributed by atoms with Crippen LogP contribution >= 0.6 is 7.82 Å². The zero-order valence-electron chi connectivity index (χ0n) is 9.91. The normalized spacial score (nSPS) is 36.0. The van der Waals surface area contributed by atoms with Gasteiger partial charge in [0.05, 0.1) is 6.61 Å². The van der Waals surface area contributed by atoms with Gasteiger partial charge in [-0.15, -0.1) is 0 Å². The summed E-state index contributed by atoms with van der Waals surface area (Å²) in [5.74, 6) is -0.624. The second-order valence-corrected chi connectivity index (χ2v) is 5.22. The molecule has 1 aliphatic rings. The lowest BCUT2D eigenvalue weighted by atomic mass is 9.97. The fraction of sp³-hybridized carbons (Fsp3) is 0.875. The molecule has 6 N–H and O–H groups in total. The zero-order valence-corrected chi connectivity index (χ0v) is 10.8. The number of carbonyl (C=O) groups is 1. The van der Waals surface area contributed by atoms with Gasteiger partial charge in [0, 0.05) is 6.92 Å². The van der Waals surface area contributed by atoms with E-state index < -0.39 is 51.0 Å². The topological polar surface area (TPSA) is 166 Å². The third-order valence-electron chi connectivity index (χ3n) is 2.49. The van der Waals surface area contributed by atoms with Gasteiger partial charge in [0.15, 0.2) is 6.29 Å². The summed E-state index contributed by atoms with van der Waals surface area (Å²) >= 11 is 0. The lowest BCUT2D eigenvalue weighted by Gasteiger charge is -2.41. The lowest BCUT2D eigenvalue weighted by Crippen LogP contribution is -2.64. The van der Waals surface area contributed by atoms with Gasteiger partial charge in [0.25, 0.3) is 0 Å².